The fraction of sp³-hybridized carbons (Fsp3) is 0.611. The molecule has 4 heteroatoms. The summed E-state index contributed by atoms with van der Waals surface area (Å²) in [7, 11) is 0. The number of nitrogens with zero attached hydrogens (tertiary/aromatic N) is 2. The largest absolute Gasteiger partial charge is 0.387 e. The van der Waals surface area contributed by atoms with Gasteiger partial charge in [-0.05, 0) is 37.8 Å². The lowest BCUT2D eigenvalue weighted by atomic mass is 10.0. The molecular formula is C18H26N2O2. The maximum absolute atomic E-state index is 11.8. The molecule has 0 spiro atoms. The first-order chi connectivity index (χ1) is 10.7. The highest BCUT2D eigenvalue weighted by atomic mass is 16.3. The van der Waals surface area contributed by atoms with Gasteiger partial charge in [0.05, 0.1) is 6.10 Å². The Morgan fingerprint density at radius 3 is 2.59 bits per heavy atom. The van der Waals surface area contributed by atoms with Gasteiger partial charge < -0.3 is 10.0 Å². The fourth-order valence-corrected chi connectivity index (χ4v) is 4.10. The molecule has 0 radical (unpaired) electrons. The molecule has 120 valence electrons. The summed E-state index contributed by atoms with van der Waals surface area (Å²) in [5.41, 5.74) is 0.975. The van der Waals surface area contributed by atoms with Crippen LogP contribution in [0.4, 0.5) is 0 Å². The van der Waals surface area contributed by atoms with Crippen LogP contribution in [0.3, 0.4) is 0 Å². The lowest BCUT2D eigenvalue weighted by Crippen LogP contribution is -2.48. The standard InChI is InChI=1S/C18H26N2O2/c1-14(21)20-12-6-10-17(20)16-9-5-11-19(16)13-18(22)15-7-3-2-4-8-15/h2-4,7-8,16-18,22H,5-6,9-13H2,1H3. The predicted octanol–water partition coefficient (Wildman–Crippen LogP) is 2.20. The number of hydrogen-bond acceptors (Lipinski definition) is 3. The van der Waals surface area contributed by atoms with Crippen LogP contribution in [0.5, 0.6) is 0 Å². The fourth-order valence-electron chi connectivity index (χ4n) is 4.10. The van der Waals surface area contributed by atoms with Crippen LogP contribution in [0.15, 0.2) is 30.3 Å². The Balaban J connectivity index is 1.67. The van der Waals surface area contributed by atoms with Crippen LogP contribution in [0.1, 0.15) is 44.3 Å². The molecule has 0 aromatic heterocycles. The summed E-state index contributed by atoms with van der Waals surface area (Å²) in [4.78, 5) is 16.3. The molecule has 2 fully saturated rings. The second-order valence-corrected chi connectivity index (χ2v) is 6.55. The van der Waals surface area contributed by atoms with E-state index in [9.17, 15) is 9.90 Å². The lowest BCUT2D eigenvalue weighted by molar-refractivity contribution is -0.130. The van der Waals surface area contributed by atoms with E-state index >= 15 is 0 Å². The van der Waals surface area contributed by atoms with Crippen molar-refractivity contribution in [3.63, 3.8) is 0 Å². The average molecular weight is 302 g/mol. The summed E-state index contributed by atoms with van der Waals surface area (Å²) in [5.74, 6) is 0.193. The molecule has 2 heterocycles. The number of benzene rings is 1. The Kier molecular flexibility index (Phi) is 4.79. The van der Waals surface area contributed by atoms with Gasteiger partial charge >= 0.3 is 0 Å². The zero-order valence-corrected chi connectivity index (χ0v) is 13.3. The molecule has 4 nitrogen and oxygen atoms in total. The van der Waals surface area contributed by atoms with Gasteiger partial charge in [0.1, 0.15) is 0 Å². The van der Waals surface area contributed by atoms with Crippen molar-refractivity contribution >= 4 is 5.91 Å². The van der Waals surface area contributed by atoms with E-state index < -0.39 is 6.10 Å². The Morgan fingerprint density at radius 2 is 1.86 bits per heavy atom. The molecule has 3 rings (SSSR count). The van der Waals surface area contributed by atoms with Gasteiger partial charge in [0, 0.05) is 32.1 Å². The molecule has 1 amide bonds. The Hall–Kier alpha value is -1.39. The van der Waals surface area contributed by atoms with E-state index in [1.807, 2.05) is 35.2 Å². The molecule has 22 heavy (non-hydrogen) atoms. The van der Waals surface area contributed by atoms with E-state index in [0.717, 1.165) is 44.3 Å². The zero-order valence-electron chi connectivity index (χ0n) is 13.3. The van der Waals surface area contributed by atoms with Crippen LogP contribution in [0.2, 0.25) is 0 Å². The van der Waals surface area contributed by atoms with Crippen molar-refractivity contribution in [2.45, 2.75) is 50.8 Å². The second-order valence-electron chi connectivity index (χ2n) is 6.55. The van der Waals surface area contributed by atoms with Crippen molar-refractivity contribution in [1.82, 2.24) is 9.80 Å². The van der Waals surface area contributed by atoms with Crippen molar-refractivity contribution < 1.29 is 9.90 Å². The smallest absolute Gasteiger partial charge is 0.219 e. The third-order valence-electron chi connectivity index (χ3n) is 5.15. The van der Waals surface area contributed by atoms with Crippen LogP contribution in [0.25, 0.3) is 0 Å². The van der Waals surface area contributed by atoms with Crippen molar-refractivity contribution in [1.29, 1.82) is 0 Å². The van der Waals surface area contributed by atoms with Gasteiger partial charge in [-0.15, -0.1) is 0 Å². The number of amides is 1. The summed E-state index contributed by atoms with van der Waals surface area (Å²) in [6, 6.07) is 10.6. The van der Waals surface area contributed by atoms with E-state index in [1.165, 1.54) is 0 Å². The molecule has 0 saturated carbocycles. The highest BCUT2D eigenvalue weighted by molar-refractivity contribution is 5.74. The number of hydrogen-bond donors (Lipinski definition) is 1. The number of carbonyl (C=O) groups is 1. The number of rotatable bonds is 4. The van der Waals surface area contributed by atoms with Crippen LogP contribution in [-0.2, 0) is 4.79 Å². The van der Waals surface area contributed by atoms with E-state index in [-0.39, 0.29) is 5.91 Å². The molecule has 0 aliphatic carbocycles. The molecule has 3 unspecified atom stereocenters. The van der Waals surface area contributed by atoms with Gasteiger partial charge in [-0.25, -0.2) is 0 Å². The number of aliphatic hydroxyl groups is 1. The van der Waals surface area contributed by atoms with Crippen molar-refractivity contribution in [3.8, 4) is 0 Å². The highest BCUT2D eigenvalue weighted by Gasteiger charge is 2.39. The van der Waals surface area contributed by atoms with E-state index in [2.05, 4.69) is 4.90 Å². The first-order valence-corrected chi connectivity index (χ1v) is 8.41. The zero-order chi connectivity index (χ0) is 15.5. The maximum atomic E-state index is 11.8. The van der Waals surface area contributed by atoms with Gasteiger partial charge in [-0.3, -0.25) is 9.69 Å². The normalized spacial score (nSPS) is 27.3. The first-order valence-electron chi connectivity index (χ1n) is 8.41. The summed E-state index contributed by atoms with van der Waals surface area (Å²) >= 11 is 0. The minimum atomic E-state index is -0.450. The van der Waals surface area contributed by atoms with Gasteiger partial charge in [-0.2, -0.15) is 0 Å². The second kappa shape index (κ2) is 6.80. The molecule has 0 bridgehead atoms. The molecule has 3 atom stereocenters. The van der Waals surface area contributed by atoms with Crippen LogP contribution < -0.4 is 0 Å². The Labute approximate surface area is 132 Å². The topological polar surface area (TPSA) is 43.8 Å². The molecule has 1 N–H and O–H groups in total. The van der Waals surface area contributed by atoms with Gasteiger partial charge in [0.2, 0.25) is 5.91 Å². The molecule has 2 aliphatic rings. The minimum Gasteiger partial charge on any atom is -0.387 e. The average Bonchev–Trinajstić information content (AvgIpc) is 3.16. The summed E-state index contributed by atoms with van der Waals surface area (Å²) in [6.07, 6.45) is 4.05. The summed E-state index contributed by atoms with van der Waals surface area (Å²) < 4.78 is 0. The van der Waals surface area contributed by atoms with E-state index in [0.29, 0.717) is 18.6 Å². The van der Waals surface area contributed by atoms with Crippen molar-refractivity contribution in [2.75, 3.05) is 19.6 Å². The molecule has 2 saturated heterocycles. The van der Waals surface area contributed by atoms with Gasteiger partial charge in [0.25, 0.3) is 0 Å². The predicted molar refractivity (Wildman–Crippen MR) is 86.4 cm³/mol. The van der Waals surface area contributed by atoms with Crippen LogP contribution >= 0.6 is 0 Å². The molecule has 2 aliphatic heterocycles. The quantitative estimate of drug-likeness (QED) is 0.927. The Bertz CT molecular complexity index is 505. The molecular weight excluding hydrogens is 276 g/mol. The van der Waals surface area contributed by atoms with Gasteiger partial charge in [-0.1, -0.05) is 30.3 Å². The summed E-state index contributed by atoms with van der Waals surface area (Å²) in [6.45, 7) is 4.26. The third kappa shape index (κ3) is 3.18. The SMILES string of the molecule is CC(=O)N1CCCC1C1CCCN1CC(O)c1ccccc1. The third-order valence-corrected chi connectivity index (χ3v) is 5.15. The van der Waals surface area contributed by atoms with E-state index in [4.69, 9.17) is 0 Å². The number of likely N-dealkylation sites (tertiary alicyclic amines) is 2. The minimum absolute atomic E-state index is 0.193. The van der Waals surface area contributed by atoms with Crippen molar-refractivity contribution in [2.24, 2.45) is 0 Å². The maximum Gasteiger partial charge on any atom is 0.219 e. The van der Waals surface area contributed by atoms with Crippen molar-refractivity contribution in [3.05, 3.63) is 35.9 Å². The molecule has 1 aromatic carbocycles. The van der Waals surface area contributed by atoms with Crippen LogP contribution in [-0.4, -0.2) is 52.5 Å². The first kappa shape index (κ1) is 15.5. The Morgan fingerprint density at radius 1 is 1.18 bits per heavy atom. The van der Waals surface area contributed by atoms with E-state index in [1.54, 1.807) is 6.92 Å². The van der Waals surface area contributed by atoms with Crippen LogP contribution in [0, 0.1) is 0 Å². The number of aliphatic hydroxyl groups excluding tert-OH is 1. The summed E-state index contributed by atoms with van der Waals surface area (Å²) in [5, 5.41) is 10.5. The molecule has 1 aromatic rings. The van der Waals surface area contributed by atoms with Gasteiger partial charge in [0.15, 0.2) is 0 Å². The highest BCUT2D eigenvalue weighted by Crippen LogP contribution is 2.31. The number of carbonyl (C=O) groups excluding carboxylic acids is 1. The lowest BCUT2D eigenvalue weighted by Gasteiger charge is -2.35. The number of β-amino-alcohol motifs (C(OH)–C–C–N with tert-alkyl or cyclic N) is 1. The monoisotopic (exact) mass is 302 g/mol.